The number of para-hydroxylation sites is 1. The van der Waals surface area contributed by atoms with E-state index in [1.165, 1.54) is 12.0 Å². The van der Waals surface area contributed by atoms with Crippen LogP contribution in [0.4, 0.5) is 0 Å². The molecule has 2 atom stereocenters. The van der Waals surface area contributed by atoms with Crippen LogP contribution in [0, 0.1) is 17.8 Å². The number of nitrogens with zero attached hydrogens (tertiary/aromatic N) is 1. The SMILES string of the molecule is CC(C)C1=CCCC(C(C)C)C1N=Cc1cccc(C(C)(C)C)c1O. The van der Waals surface area contributed by atoms with Crippen LogP contribution in [0.2, 0.25) is 0 Å². The van der Waals surface area contributed by atoms with Gasteiger partial charge in [0.25, 0.3) is 0 Å². The average molecular weight is 342 g/mol. The number of benzene rings is 1. The Labute approximate surface area is 154 Å². The minimum Gasteiger partial charge on any atom is -0.507 e. The van der Waals surface area contributed by atoms with Gasteiger partial charge >= 0.3 is 0 Å². The second-order valence-electron chi connectivity index (χ2n) is 9.06. The van der Waals surface area contributed by atoms with Crippen molar-refractivity contribution in [1.29, 1.82) is 0 Å². The van der Waals surface area contributed by atoms with Crippen molar-refractivity contribution < 1.29 is 5.11 Å². The lowest BCUT2D eigenvalue weighted by Gasteiger charge is -2.34. The van der Waals surface area contributed by atoms with Gasteiger partial charge in [-0.15, -0.1) is 0 Å². The van der Waals surface area contributed by atoms with E-state index in [0.717, 1.165) is 17.5 Å². The Bertz CT molecular complexity index is 647. The summed E-state index contributed by atoms with van der Waals surface area (Å²) in [6.45, 7) is 15.5. The maximum Gasteiger partial charge on any atom is 0.128 e. The number of rotatable bonds is 4. The highest BCUT2D eigenvalue weighted by molar-refractivity contribution is 5.84. The number of hydrogen-bond donors (Lipinski definition) is 1. The molecule has 0 bridgehead atoms. The van der Waals surface area contributed by atoms with E-state index in [9.17, 15) is 5.11 Å². The van der Waals surface area contributed by atoms with Crippen LogP contribution in [-0.2, 0) is 5.41 Å². The number of aromatic hydroxyl groups is 1. The molecule has 1 aromatic rings. The van der Waals surface area contributed by atoms with E-state index in [2.05, 4.69) is 54.5 Å². The fourth-order valence-corrected chi connectivity index (χ4v) is 3.87. The Hall–Kier alpha value is -1.57. The second kappa shape index (κ2) is 7.76. The molecule has 0 heterocycles. The summed E-state index contributed by atoms with van der Waals surface area (Å²) in [6.07, 6.45) is 6.64. The zero-order valence-corrected chi connectivity index (χ0v) is 17.0. The number of phenols is 1. The minimum absolute atomic E-state index is 0.0811. The topological polar surface area (TPSA) is 32.6 Å². The highest BCUT2D eigenvalue weighted by Gasteiger charge is 2.30. The predicted molar refractivity (Wildman–Crippen MR) is 109 cm³/mol. The number of hydrogen-bond acceptors (Lipinski definition) is 2. The molecule has 0 spiro atoms. The van der Waals surface area contributed by atoms with Gasteiger partial charge in [0.05, 0.1) is 6.04 Å². The minimum atomic E-state index is -0.0811. The first kappa shape index (κ1) is 19.8. The van der Waals surface area contributed by atoms with Gasteiger partial charge in [0.15, 0.2) is 0 Å². The molecule has 0 aromatic heterocycles. The Morgan fingerprint density at radius 3 is 2.40 bits per heavy atom. The molecule has 0 amide bonds. The van der Waals surface area contributed by atoms with Gasteiger partial charge in [0.2, 0.25) is 0 Å². The highest BCUT2D eigenvalue weighted by Crippen LogP contribution is 2.37. The first-order chi connectivity index (χ1) is 11.6. The Kier molecular flexibility index (Phi) is 6.13. The van der Waals surface area contributed by atoms with E-state index < -0.39 is 0 Å². The van der Waals surface area contributed by atoms with Crippen LogP contribution in [0.1, 0.15) is 72.4 Å². The summed E-state index contributed by atoms with van der Waals surface area (Å²) in [7, 11) is 0. The smallest absolute Gasteiger partial charge is 0.128 e. The summed E-state index contributed by atoms with van der Waals surface area (Å²) < 4.78 is 0. The molecule has 1 aromatic carbocycles. The van der Waals surface area contributed by atoms with Crippen LogP contribution in [0.15, 0.2) is 34.8 Å². The molecule has 138 valence electrons. The number of allylic oxidation sites excluding steroid dienone is 1. The van der Waals surface area contributed by atoms with Crippen LogP contribution >= 0.6 is 0 Å². The van der Waals surface area contributed by atoms with Crippen molar-refractivity contribution in [3.8, 4) is 5.75 Å². The van der Waals surface area contributed by atoms with Crippen molar-refractivity contribution in [2.45, 2.75) is 72.8 Å². The van der Waals surface area contributed by atoms with E-state index in [4.69, 9.17) is 4.99 Å². The molecule has 0 saturated carbocycles. The van der Waals surface area contributed by atoms with Crippen molar-refractivity contribution in [3.05, 3.63) is 41.0 Å². The zero-order valence-electron chi connectivity index (χ0n) is 17.0. The normalized spacial score (nSPS) is 22.0. The van der Waals surface area contributed by atoms with E-state index in [1.54, 1.807) is 0 Å². The molecule has 2 rings (SSSR count). The zero-order chi connectivity index (χ0) is 18.8. The van der Waals surface area contributed by atoms with E-state index >= 15 is 0 Å². The third-order valence-electron chi connectivity index (χ3n) is 5.40. The Morgan fingerprint density at radius 2 is 1.84 bits per heavy atom. The standard InChI is InChI=1S/C23H35NO/c1-15(2)18-11-9-12-19(16(3)4)21(18)24-14-17-10-8-13-20(22(17)25)23(5,6)7/h8,10-11,13-16,19,21,25H,9,12H2,1-7H3. The fraction of sp³-hybridized carbons (Fsp3) is 0.609. The third kappa shape index (κ3) is 4.54. The number of phenolic OH excluding ortho intramolecular Hbond substituents is 1. The summed E-state index contributed by atoms with van der Waals surface area (Å²) in [4.78, 5) is 4.99. The lowest BCUT2D eigenvalue weighted by atomic mass is 9.74. The summed E-state index contributed by atoms with van der Waals surface area (Å²) in [6, 6.07) is 6.21. The molecule has 2 nitrogen and oxygen atoms in total. The largest absolute Gasteiger partial charge is 0.507 e. The van der Waals surface area contributed by atoms with Crippen LogP contribution in [-0.4, -0.2) is 17.4 Å². The molecular formula is C23H35NO. The van der Waals surface area contributed by atoms with Crippen LogP contribution in [0.5, 0.6) is 5.75 Å². The molecule has 0 radical (unpaired) electrons. The molecule has 1 aliphatic carbocycles. The molecular weight excluding hydrogens is 306 g/mol. The summed E-state index contributed by atoms with van der Waals surface area (Å²) in [5, 5.41) is 10.7. The van der Waals surface area contributed by atoms with Crippen molar-refractivity contribution in [3.63, 3.8) is 0 Å². The molecule has 0 aliphatic heterocycles. The molecule has 1 N–H and O–H groups in total. The monoisotopic (exact) mass is 341 g/mol. The average Bonchev–Trinajstić information content (AvgIpc) is 2.52. The Balaban J connectivity index is 2.38. The van der Waals surface area contributed by atoms with Gasteiger partial charge in [-0.2, -0.15) is 0 Å². The van der Waals surface area contributed by atoms with E-state index in [1.807, 2.05) is 24.4 Å². The third-order valence-corrected chi connectivity index (χ3v) is 5.40. The van der Waals surface area contributed by atoms with Crippen LogP contribution < -0.4 is 0 Å². The summed E-state index contributed by atoms with van der Waals surface area (Å²) in [5.41, 5.74) is 3.17. The maximum atomic E-state index is 10.7. The molecule has 25 heavy (non-hydrogen) atoms. The lowest BCUT2D eigenvalue weighted by molar-refractivity contribution is 0.301. The van der Waals surface area contributed by atoms with Crippen LogP contribution in [0.3, 0.4) is 0 Å². The predicted octanol–water partition coefficient (Wildman–Crippen LogP) is 6.13. The molecule has 0 saturated heterocycles. The van der Waals surface area contributed by atoms with Crippen LogP contribution in [0.25, 0.3) is 0 Å². The molecule has 2 heteroatoms. The van der Waals surface area contributed by atoms with E-state index in [-0.39, 0.29) is 11.5 Å². The van der Waals surface area contributed by atoms with Gasteiger partial charge in [0, 0.05) is 11.8 Å². The first-order valence-electron chi connectivity index (χ1n) is 9.68. The molecule has 0 fully saturated rings. The fourth-order valence-electron chi connectivity index (χ4n) is 3.87. The summed E-state index contributed by atoms with van der Waals surface area (Å²) in [5.74, 6) is 2.06. The molecule has 2 unspecified atom stereocenters. The maximum absolute atomic E-state index is 10.7. The van der Waals surface area contributed by atoms with Gasteiger partial charge in [-0.25, -0.2) is 0 Å². The van der Waals surface area contributed by atoms with Gasteiger partial charge in [-0.1, -0.05) is 66.7 Å². The van der Waals surface area contributed by atoms with Gasteiger partial charge < -0.3 is 5.11 Å². The van der Waals surface area contributed by atoms with Crippen molar-refractivity contribution in [1.82, 2.24) is 0 Å². The highest BCUT2D eigenvalue weighted by atomic mass is 16.3. The van der Waals surface area contributed by atoms with E-state index in [0.29, 0.717) is 23.5 Å². The van der Waals surface area contributed by atoms with Gasteiger partial charge in [-0.05, 0) is 53.2 Å². The van der Waals surface area contributed by atoms with Crippen molar-refractivity contribution in [2.24, 2.45) is 22.7 Å². The van der Waals surface area contributed by atoms with Crippen molar-refractivity contribution >= 4 is 6.21 Å². The first-order valence-corrected chi connectivity index (χ1v) is 9.68. The van der Waals surface area contributed by atoms with Gasteiger partial charge in [-0.3, -0.25) is 4.99 Å². The lowest BCUT2D eigenvalue weighted by Crippen LogP contribution is -2.30. The Morgan fingerprint density at radius 1 is 1.16 bits per heavy atom. The molecule has 1 aliphatic rings. The second-order valence-corrected chi connectivity index (χ2v) is 9.06. The van der Waals surface area contributed by atoms with Gasteiger partial charge in [0.1, 0.15) is 5.75 Å². The number of aliphatic imine (C=N–C) groups is 1. The quantitative estimate of drug-likeness (QED) is 0.519. The summed E-state index contributed by atoms with van der Waals surface area (Å²) >= 11 is 0. The van der Waals surface area contributed by atoms with Crippen molar-refractivity contribution in [2.75, 3.05) is 0 Å².